The van der Waals surface area contributed by atoms with Crippen molar-refractivity contribution in [1.29, 1.82) is 0 Å². The van der Waals surface area contributed by atoms with Crippen molar-refractivity contribution in [2.24, 2.45) is 0 Å². The highest BCUT2D eigenvalue weighted by molar-refractivity contribution is 5.72. The molecular formula is C14H9F3N2O. The van der Waals surface area contributed by atoms with Gasteiger partial charge in [0.05, 0.1) is 5.56 Å². The van der Waals surface area contributed by atoms with Crippen LogP contribution >= 0.6 is 0 Å². The second-order valence-corrected chi connectivity index (χ2v) is 4.37. The standard InChI is InChI=1S/C14H9F3N2O/c1-8-2-7-11-13(18-8)20-12(19-11)9-3-5-10(6-4-9)14(15,16)17/h2-7H,1H3. The molecule has 0 radical (unpaired) electrons. The first kappa shape index (κ1) is 12.7. The Labute approximate surface area is 112 Å². The number of aromatic nitrogens is 2. The summed E-state index contributed by atoms with van der Waals surface area (Å²) in [7, 11) is 0. The molecule has 3 rings (SSSR count). The van der Waals surface area contributed by atoms with Gasteiger partial charge >= 0.3 is 6.18 Å². The van der Waals surface area contributed by atoms with E-state index in [0.29, 0.717) is 16.8 Å². The zero-order chi connectivity index (χ0) is 14.3. The van der Waals surface area contributed by atoms with Crippen molar-refractivity contribution in [1.82, 2.24) is 9.97 Å². The molecule has 3 aromatic rings. The van der Waals surface area contributed by atoms with Crippen molar-refractivity contribution in [3.63, 3.8) is 0 Å². The van der Waals surface area contributed by atoms with E-state index in [0.717, 1.165) is 17.8 Å². The second-order valence-electron chi connectivity index (χ2n) is 4.37. The molecule has 1 aromatic carbocycles. The van der Waals surface area contributed by atoms with E-state index in [4.69, 9.17) is 4.42 Å². The van der Waals surface area contributed by atoms with Gasteiger partial charge in [-0.05, 0) is 43.3 Å². The fourth-order valence-corrected chi connectivity index (χ4v) is 1.83. The van der Waals surface area contributed by atoms with E-state index in [1.165, 1.54) is 12.1 Å². The lowest BCUT2D eigenvalue weighted by Crippen LogP contribution is -2.03. The Hall–Kier alpha value is -2.37. The third-order valence-electron chi connectivity index (χ3n) is 2.85. The largest absolute Gasteiger partial charge is 0.418 e. The summed E-state index contributed by atoms with van der Waals surface area (Å²) < 4.78 is 42.9. The maximum absolute atomic E-state index is 12.5. The van der Waals surface area contributed by atoms with Gasteiger partial charge in [0, 0.05) is 11.3 Å². The zero-order valence-electron chi connectivity index (χ0n) is 10.4. The molecular weight excluding hydrogens is 269 g/mol. The fourth-order valence-electron chi connectivity index (χ4n) is 1.83. The van der Waals surface area contributed by atoms with Crippen LogP contribution in [0.15, 0.2) is 40.8 Å². The van der Waals surface area contributed by atoms with Gasteiger partial charge < -0.3 is 4.42 Å². The van der Waals surface area contributed by atoms with Crippen molar-refractivity contribution in [3.8, 4) is 11.5 Å². The summed E-state index contributed by atoms with van der Waals surface area (Å²) in [5, 5.41) is 0. The first-order valence-electron chi connectivity index (χ1n) is 5.85. The van der Waals surface area contributed by atoms with Crippen LogP contribution in [0.3, 0.4) is 0 Å². The zero-order valence-corrected chi connectivity index (χ0v) is 10.4. The van der Waals surface area contributed by atoms with Crippen LogP contribution in [-0.2, 0) is 6.18 Å². The monoisotopic (exact) mass is 278 g/mol. The first-order chi connectivity index (χ1) is 9.43. The molecule has 0 atom stereocenters. The minimum atomic E-state index is -4.35. The van der Waals surface area contributed by atoms with Crippen LogP contribution in [0.5, 0.6) is 0 Å². The molecule has 102 valence electrons. The van der Waals surface area contributed by atoms with Crippen LogP contribution in [0.1, 0.15) is 11.3 Å². The quantitative estimate of drug-likeness (QED) is 0.669. The average molecular weight is 278 g/mol. The summed E-state index contributed by atoms with van der Waals surface area (Å²) in [6.07, 6.45) is -4.35. The average Bonchev–Trinajstić information content (AvgIpc) is 2.80. The molecule has 6 heteroatoms. The first-order valence-corrected chi connectivity index (χ1v) is 5.85. The summed E-state index contributed by atoms with van der Waals surface area (Å²) in [5.41, 5.74) is 1.51. The van der Waals surface area contributed by atoms with Gasteiger partial charge in [-0.1, -0.05) is 0 Å². The van der Waals surface area contributed by atoms with E-state index in [9.17, 15) is 13.2 Å². The van der Waals surface area contributed by atoms with Crippen molar-refractivity contribution in [2.45, 2.75) is 13.1 Å². The van der Waals surface area contributed by atoms with E-state index in [1.807, 2.05) is 6.92 Å². The Morgan fingerprint density at radius 2 is 1.65 bits per heavy atom. The van der Waals surface area contributed by atoms with E-state index >= 15 is 0 Å². The van der Waals surface area contributed by atoms with Gasteiger partial charge in [-0.2, -0.15) is 13.2 Å². The van der Waals surface area contributed by atoms with Crippen LogP contribution in [0.25, 0.3) is 22.7 Å². The molecule has 0 amide bonds. The normalized spacial score (nSPS) is 12.0. The van der Waals surface area contributed by atoms with Crippen molar-refractivity contribution >= 4 is 11.2 Å². The Balaban J connectivity index is 2.02. The van der Waals surface area contributed by atoms with Crippen LogP contribution < -0.4 is 0 Å². The highest BCUT2D eigenvalue weighted by atomic mass is 19.4. The van der Waals surface area contributed by atoms with Crippen LogP contribution in [-0.4, -0.2) is 9.97 Å². The molecule has 3 nitrogen and oxygen atoms in total. The van der Waals surface area contributed by atoms with Crippen molar-refractivity contribution in [2.75, 3.05) is 0 Å². The summed E-state index contributed by atoms with van der Waals surface area (Å²) >= 11 is 0. The van der Waals surface area contributed by atoms with Crippen molar-refractivity contribution in [3.05, 3.63) is 47.7 Å². The second kappa shape index (κ2) is 4.33. The van der Waals surface area contributed by atoms with Crippen LogP contribution in [0.4, 0.5) is 13.2 Å². The Morgan fingerprint density at radius 3 is 2.30 bits per heavy atom. The molecule has 2 heterocycles. The van der Waals surface area contributed by atoms with Gasteiger partial charge in [0.25, 0.3) is 0 Å². The van der Waals surface area contributed by atoms with Gasteiger partial charge in [0.15, 0.2) is 0 Å². The Morgan fingerprint density at radius 1 is 0.950 bits per heavy atom. The number of halogens is 3. The van der Waals surface area contributed by atoms with Gasteiger partial charge in [-0.25, -0.2) is 9.97 Å². The van der Waals surface area contributed by atoms with E-state index < -0.39 is 11.7 Å². The number of pyridine rings is 1. The predicted molar refractivity (Wildman–Crippen MR) is 67.0 cm³/mol. The molecule has 0 fully saturated rings. The molecule has 0 aliphatic heterocycles. The highest BCUT2D eigenvalue weighted by Gasteiger charge is 2.30. The number of hydrogen-bond donors (Lipinski definition) is 0. The lowest BCUT2D eigenvalue weighted by Gasteiger charge is -2.05. The molecule has 2 aromatic heterocycles. The number of fused-ring (bicyclic) bond motifs is 1. The maximum Gasteiger partial charge on any atom is 0.416 e. The third kappa shape index (κ3) is 2.24. The summed E-state index contributed by atoms with van der Waals surface area (Å²) in [6.45, 7) is 1.82. The Bertz CT molecular complexity index is 760. The van der Waals surface area contributed by atoms with E-state index in [2.05, 4.69) is 9.97 Å². The summed E-state index contributed by atoms with van der Waals surface area (Å²) in [6, 6.07) is 8.22. The number of alkyl halides is 3. The number of aryl methyl sites for hydroxylation is 1. The number of hydrogen-bond acceptors (Lipinski definition) is 3. The fraction of sp³-hybridized carbons (Fsp3) is 0.143. The number of oxazole rings is 1. The molecule has 0 N–H and O–H groups in total. The van der Waals surface area contributed by atoms with E-state index in [1.54, 1.807) is 12.1 Å². The SMILES string of the molecule is Cc1ccc2nc(-c3ccc(C(F)(F)F)cc3)oc2n1. The van der Waals surface area contributed by atoms with Gasteiger partial charge in [-0.15, -0.1) is 0 Å². The summed E-state index contributed by atoms with van der Waals surface area (Å²) in [4.78, 5) is 8.37. The molecule has 0 bridgehead atoms. The minimum Gasteiger partial charge on any atom is -0.418 e. The smallest absolute Gasteiger partial charge is 0.416 e. The maximum atomic E-state index is 12.5. The summed E-state index contributed by atoms with van der Waals surface area (Å²) in [5.74, 6) is 0.256. The molecule has 0 aliphatic carbocycles. The van der Waals surface area contributed by atoms with E-state index in [-0.39, 0.29) is 5.89 Å². The molecule has 0 unspecified atom stereocenters. The topological polar surface area (TPSA) is 38.9 Å². The van der Waals surface area contributed by atoms with Crippen LogP contribution in [0.2, 0.25) is 0 Å². The third-order valence-corrected chi connectivity index (χ3v) is 2.85. The molecule has 0 aliphatic rings. The van der Waals surface area contributed by atoms with Crippen molar-refractivity contribution < 1.29 is 17.6 Å². The predicted octanol–water partition coefficient (Wildman–Crippen LogP) is 4.22. The van der Waals surface area contributed by atoms with Gasteiger partial charge in [0.2, 0.25) is 11.6 Å². The minimum absolute atomic E-state index is 0.256. The number of rotatable bonds is 1. The van der Waals surface area contributed by atoms with Gasteiger partial charge in [-0.3, -0.25) is 0 Å². The number of nitrogens with zero attached hydrogens (tertiary/aromatic N) is 2. The van der Waals surface area contributed by atoms with Crippen LogP contribution in [0, 0.1) is 6.92 Å². The highest BCUT2D eigenvalue weighted by Crippen LogP contribution is 2.31. The molecule has 0 saturated carbocycles. The number of benzene rings is 1. The molecule has 0 spiro atoms. The lowest BCUT2D eigenvalue weighted by molar-refractivity contribution is -0.137. The molecule has 0 saturated heterocycles. The molecule has 20 heavy (non-hydrogen) atoms. The lowest BCUT2D eigenvalue weighted by atomic mass is 10.1. The van der Waals surface area contributed by atoms with Gasteiger partial charge in [0.1, 0.15) is 5.52 Å². The Kier molecular flexibility index (Phi) is 2.74.